The fourth-order valence-electron chi connectivity index (χ4n) is 6.21. The minimum atomic E-state index is -0.741. The molecule has 3 heterocycles. The third-order valence-electron chi connectivity index (χ3n) is 8.74. The van der Waals surface area contributed by atoms with Crippen molar-refractivity contribution in [1.29, 1.82) is 5.26 Å². The molecule has 12 heteroatoms. The highest BCUT2D eigenvalue weighted by Gasteiger charge is 2.33. The van der Waals surface area contributed by atoms with Crippen molar-refractivity contribution in [3.63, 3.8) is 0 Å². The molecule has 2 aromatic rings. The van der Waals surface area contributed by atoms with Crippen LogP contribution in [0.25, 0.3) is 6.08 Å². The van der Waals surface area contributed by atoms with Crippen molar-refractivity contribution < 1.29 is 19.1 Å². The number of pyridine rings is 1. The number of nitrogens with zero attached hydrogens (tertiary/aromatic N) is 5. The second kappa shape index (κ2) is 17.5. The lowest BCUT2D eigenvalue weighted by Crippen LogP contribution is -2.49. The van der Waals surface area contributed by atoms with Gasteiger partial charge in [-0.2, -0.15) is 5.26 Å². The molecule has 0 saturated carbocycles. The first kappa shape index (κ1) is 36.2. The van der Waals surface area contributed by atoms with E-state index in [1.807, 2.05) is 17.9 Å². The largest absolute Gasteiger partial charge is 0.481 e. The van der Waals surface area contributed by atoms with Crippen LogP contribution >= 0.6 is 24.0 Å². The van der Waals surface area contributed by atoms with Crippen molar-refractivity contribution in [3.8, 4) is 6.07 Å². The number of carboxylic acids is 1. The number of carbonyl (C=O) groups is 2. The molecule has 4 rings (SSSR count). The van der Waals surface area contributed by atoms with E-state index in [2.05, 4.69) is 11.0 Å². The first-order chi connectivity index (χ1) is 22.7. The predicted molar refractivity (Wildman–Crippen MR) is 190 cm³/mol. The van der Waals surface area contributed by atoms with Gasteiger partial charge in [-0.25, -0.2) is 4.39 Å². The van der Waals surface area contributed by atoms with Gasteiger partial charge in [-0.15, -0.1) is 0 Å². The van der Waals surface area contributed by atoms with E-state index in [9.17, 15) is 24.0 Å². The van der Waals surface area contributed by atoms with Gasteiger partial charge in [0.2, 0.25) is 0 Å². The lowest BCUT2D eigenvalue weighted by Gasteiger charge is -2.39. The molecule has 2 fully saturated rings. The van der Waals surface area contributed by atoms with E-state index >= 15 is 0 Å². The monoisotopic (exact) mass is 681 g/mol. The lowest BCUT2D eigenvalue weighted by atomic mass is 10.0. The van der Waals surface area contributed by atoms with Gasteiger partial charge >= 0.3 is 5.97 Å². The molecule has 0 atom stereocenters. The highest BCUT2D eigenvalue weighted by Crippen LogP contribution is 2.36. The zero-order chi connectivity index (χ0) is 33.9. The Morgan fingerprint density at radius 3 is 2.23 bits per heavy atom. The minimum absolute atomic E-state index is 0.0656. The van der Waals surface area contributed by atoms with Crippen LogP contribution in [0, 0.1) is 24.1 Å². The zero-order valence-electron chi connectivity index (χ0n) is 27.3. The molecule has 1 aromatic carbocycles. The molecule has 9 nitrogen and oxygen atoms in total. The summed E-state index contributed by atoms with van der Waals surface area (Å²) in [6.07, 6.45) is 10.4. The van der Waals surface area contributed by atoms with Gasteiger partial charge in [0.15, 0.2) is 0 Å². The summed E-state index contributed by atoms with van der Waals surface area (Å²) in [6.45, 7) is 6.85. The number of anilines is 2. The summed E-state index contributed by atoms with van der Waals surface area (Å²) in [7, 11) is 0. The van der Waals surface area contributed by atoms with Crippen LogP contribution in [0.4, 0.5) is 15.9 Å². The third-order valence-corrected chi connectivity index (χ3v) is 10.1. The van der Waals surface area contributed by atoms with Crippen LogP contribution in [0.2, 0.25) is 0 Å². The second-order valence-corrected chi connectivity index (χ2v) is 13.7. The van der Waals surface area contributed by atoms with Gasteiger partial charge < -0.3 is 14.9 Å². The molecule has 0 bridgehead atoms. The second-order valence-electron chi connectivity index (χ2n) is 12.0. The molecule has 0 unspecified atom stereocenters. The van der Waals surface area contributed by atoms with E-state index in [4.69, 9.17) is 17.3 Å². The van der Waals surface area contributed by atoms with Crippen LogP contribution in [0.5, 0.6) is 0 Å². The summed E-state index contributed by atoms with van der Waals surface area (Å²) >= 11 is 6.86. The molecule has 47 heavy (non-hydrogen) atoms. The average Bonchev–Trinajstić information content (AvgIpc) is 3.32. The number of para-hydroxylation sites is 1. The van der Waals surface area contributed by atoms with Gasteiger partial charge in [0.05, 0.1) is 10.6 Å². The third kappa shape index (κ3) is 9.02. The number of rotatable bonds is 16. The quantitative estimate of drug-likeness (QED) is 0.118. The van der Waals surface area contributed by atoms with E-state index in [1.165, 1.54) is 17.8 Å². The van der Waals surface area contributed by atoms with Crippen LogP contribution in [0.15, 0.2) is 34.0 Å². The Labute approximate surface area is 286 Å². The van der Waals surface area contributed by atoms with E-state index in [0.717, 1.165) is 51.4 Å². The van der Waals surface area contributed by atoms with Gasteiger partial charge in [0, 0.05) is 51.3 Å². The number of hydrogen-bond acceptors (Lipinski definition) is 8. The number of carboxylic acid groups (broad SMARTS) is 1. The molecule has 0 spiro atoms. The molecular formula is C35H44FN5O4S2. The van der Waals surface area contributed by atoms with Crippen LogP contribution in [-0.4, -0.2) is 63.5 Å². The van der Waals surface area contributed by atoms with Crippen LogP contribution in [0.3, 0.4) is 0 Å². The Kier molecular flexibility index (Phi) is 13.4. The molecule has 1 aromatic heterocycles. The van der Waals surface area contributed by atoms with Crippen LogP contribution in [0.1, 0.15) is 87.8 Å². The average molecular weight is 682 g/mol. The number of hydrogen-bond donors (Lipinski definition) is 1. The number of aromatic nitrogens is 1. The number of thiocarbonyl (C=S) groups is 1. The fourth-order valence-corrected chi connectivity index (χ4v) is 7.50. The fraction of sp³-hybridized carbons (Fsp3) is 0.514. The van der Waals surface area contributed by atoms with Crippen LogP contribution < -0.4 is 15.4 Å². The molecule has 1 N–H and O–H groups in total. The Morgan fingerprint density at radius 1 is 1.00 bits per heavy atom. The number of unbranched alkanes of at least 4 members (excludes halogenated alkanes) is 7. The number of benzene rings is 1. The summed E-state index contributed by atoms with van der Waals surface area (Å²) in [4.78, 5) is 44.0. The molecule has 252 valence electrons. The topological polar surface area (TPSA) is 110 Å². The number of thioether (sulfide) groups is 1. The maximum atomic E-state index is 14.5. The SMILES string of the molecule is CCCn1c(N2CCN(c3ccccc3F)CC2)c(/C=C2\SC(=S)N(CCCCCCCCCCC(=O)O)C2=O)c(C)c(C#N)c1=O. The van der Waals surface area contributed by atoms with Crippen molar-refractivity contribution in [2.24, 2.45) is 0 Å². The van der Waals surface area contributed by atoms with E-state index < -0.39 is 5.97 Å². The minimum Gasteiger partial charge on any atom is -0.481 e. The smallest absolute Gasteiger partial charge is 0.303 e. The molecule has 2 aliphatic rings. The van der Waals surface area contributed by atoms with Crippen molar-refractivity contribution in [2.75, 3.05) is 42.5 Å². The Hall–Kier alpha value is -3.69. The summed E-state index contributed by atoms with van der Waals surface area (Å²) in [5, 5.41) is 18.7. The van der Waals surface area contributed by atoms with Crippen molar-refractivity contribution >= 4 is 57.8 Å². The number of piperazine rings is 1. The first-order valence-electron chi connectivity index (χ1n) is 16.6. The number of nitriles is 1. The Balaban J connectivity index is 1.49. The van der Waals surface area contributed by atoms with Crippen molar-refractivity contribution in [1.82, 2.24) is 9.47 Å². The molecule has 0 aliphatic carbocycles. The number of carbonyl (C=O) groups excluding carboxylic acids is 1. The Bertz CT molecular complexity index is 1590. The van der Waals surface area contributed by atoms with E-state index in [-0.39, 0.29) is 29.3 Å². The highest BCUT2D eigenvalue weighted by molar-refractivity contribution is 8.26. The maximum absolute atomic E-state index is 14.5. The number of halogens is 1. The molecule has 0 radical (unpaired) electrons. The van der Waals surface area contributed by atoms with E-state index in [1.54, 1.807) is 34.6 Å². The molecular weight excluding hydrogens is 638 g/mol. The summed E-state index contributed by atoms with van der Waals surface area (Å²) in [5.74, 6) is -0.504. The van der Waals surface area contributed by atoms with E-state index in [0.29, 0.717) is 77.5 Å². The van der Waals surface area contributed by atoms with Gasteiger partial charge in [-0.05, 0) is 50.0 Å². The summed E-state index contributed by atoms with van der Waals surface area (Å²) < 4.78 is 16.7. The Morgan fingerprint density at radius 2 is 1.62 bits per heavy atom. The van der Waals surface area contributed by atoms with Gasteiger partial charge in [0.1, 0.15) is 27.6 Å². The van der Waals surface area contributed by atoms with Gasteiger partial charge in [0.25, 0.3) is 11.5 Å². The molecule has 2 saturated heterocycles. The lowest BCUT2D eigenvalue weighted by molar-refractivity contribution is -0.137. The summed E-state index contributed by atoms with van der Waals surface area (Å²) in [6, 6.07) is 8.81. The number of amides is 1. The van der Waals surface area contributed by atoms with Crippen molar-refractivity contribution in [2.45, 2.75) is 84.6 Å². The highest BCUT2D eigenvalue weighted by atomic mass is 32.2. The molecule has 1 amide bonds. The standard InChI is InChI=1S/C35H44FN5O4S2/c1-3-17-40-32(39-21-19-38(20-22-39)29-15-12-11-14-28(29)36)26(25(2)27(24-37)33(40)44)23-30-34(45)41(35(46)47-30)18-13-9-7-5-4-6-8-10-16-31(42)43/h11-12,14-15,23H,3-10,13,16-22H2,1-2H3,(H,42,43)/b30-23-. The van der Waals surface area contributed by atoms with Crippen LogP contribution in [-0.2, 0) is 16.1 Å². The number of aliphatic carboxylic acids is 1. The van der Waals surface area contributed by atoms with Gasteiger partial charge in [-0.3, -0.25) is 23.9 Å². The van der Waals surface area contributed by atoms with Crippen molar-refractivity contribution in [3.05, 3.63) is 62.0 Å². The maximum Gasteiger partial charge on any atom is 0.303 e. The summed E-state index contributed by atoms with van der Waals surface area (Å²) in [5.41, 5.74) is 1.47. The molecule has 2 aliphatic heterocycles. The first-order valence-corrected chi connectivity index (χ1v) is 17.8. The van der Waals surface area contributed by atoms with Gasteiger partial charge in [-0.1, -0.05) is 81.6 Å². The predicted octanol–water partition coefficient (Wildman–Crippen LogP) is 6.70. The normalized spacial score (nSPS) is 16.0. The zero-order valence-corrected chi connectivity index (χ0v) is 28.9.